The fraction of sp³-hybridized carbons (Fsp3) is 0.125. The summed E-state index contributed by atoms with van der Waals surface area (Å²) in [7, 11) is 0. The van der Waals surface area contributed by atoms with Gasteiger partial charge in [-0.2, -0.15) is 0 Å². The topological polar surface area (TPSA) is 66.4 Å². The van der Waals surface area contributed by atoms with Crippen molar-refractivity contribution in [1.82, 2.24) is 5.32 Å². The molecule has 0 aromatic heterocycles. The van der Waals surface area contributed by atoms with E-state index in [2.05, 4.69) is 5.32 Å². The molecule has 2 aromatic carbocycles. The molecular weight excluding hydrogens is 325 g/mol. The fourth-order valence-electron chi connectivity index (χ4n) is 1.97. The third-order valence-corrected chi connectivity index (χ3v) is 3.80. The summed E-state index contributed by atoms with van der Waals surface area (Å²) in [5, 5.41) is 12.5. The maximum Gasteiger partial charge on any atom is 0.326 e. The fourth-order valence-corrected chi connectivity index (χ4v) is 2.40. The maximum atomic E-state index is 12.2. The first-order valence-corrected chi connectivity index (χ1v) is 7.26. The average molecular weight is 338 g/mol. The summed E-state index contributed by atoms with van der Waals surface area (Å²) in [5.41, 5.74) is 0.880. The van der Waals surface area contributed by atoms with Crippen molar-refractivity contribution in [2.45, 2.75) is 12.5 Å². The van der Waals surface area contributed by atoms with Gasteiger partial charge in [0.15, 0.2) is 0 Å². The summed E-state index contributed by atoms with van der Waals surface area (Å²) >= 11 is 12.0. The van der Waals surface area contributed by atoms with E-state index in [1.807, 2.05) is 0 Å². The van der Waals surface area contributed by atoms with Crippen LogP contribution in [0.4, 0.5) is 0 Å². The van der Waals surface area contributed by atoms with E-state index < -0.39 is 17.9 Å². The van der Waals surface area contributed by atoms with Gasteiger partial charge in [0.05, 0.1) is 10.6 Å². The first kappa shape index (κ1) is 16.3. The second kappa shape index (κ2) is 7.29. The molecule has 0 aliphatic rings. The Morgan fingerprint density at radius 2 is 1.59 bits per heavy atom. The second-order valence-corrected chi connectivity index (χ2v) is 5.45. The zero-order valence-corrected chi connectivity index (χ0v) is 12.9. The molecule has 0 saturated carbocycles. The first-order valence-electron chi connectivity index (χ1n) is 6.50. The van der Waals surface area contributed by atoms with Crippen LogP contribution in [0.2, 0.25) is 10.0 Å². The Morgan fingerprint density at radius 1 is 1.00 bits per heavy atom. The van der Waals surface area contributed by atoms with E-state index in [1.165, 1.54) is 6.07 Å². The second-order valence-electron chi connectivity index (χ2n) is 4.64. The number of carboxylic acid groups (broad SMARTS) is 1. The van der Waals surface area contributed by atoms with Crippen molar-refractivity contribution in [2.24, 2.45) is 0 Å². The number of amides is 1. The van der Waals surface area contributed by atoms with Gasteiger partial charge in [-0.1, -0.05) is 53.5 Å². The summed E-state index contributed by atoms with van der Waals surface area (Å²) in [4.78, 5) is 23.5. The number of hydrogen-bond donors (Lipinski definition) is 2. The van der Waals surface area contributed by atoms with Gasteiger partial charge in [-0.15, -0.1) is 0 Å². The van der Waals surface area contributed by atoms with Crippen LogP contribution in [0, 0.1) is 0 Å². The molecule has 0 aliphatic carbocycles. The minimum Gasteiger partial charge on any atom is -0.480 e. The highest BCUT2D eigenvalue weighted by Gasteiger charge is 2.22. The molecule has 2 aromatic rings. The van der Waals surface area contributed by atoms with Crippen LogP contribution in [0.1, 0.15) is 15.9 Å². The molecule has 6 heteroatoms. The van der Waals surface area contributed by atoms with Crippen LogP contribution in [-0.2, 0) is 11.2 Å². The number of rotatable bonds is 5. The summed E-state index contributed by atoms with van der Waals surface area (Å²) in [6.07, 6.45) is 0.0885. The molecule has 0 saturated heterocycles. The van der Waals surface area contributed by atoms with Gasteiger partial charge in [0.25, 0.3) is 5.91 Å². The molecule has 1 amide bonds. The average Bonchev–Trinajstić information content (AvgIpc) is 2.49. The van der Waals surface area contributed by atoms with E-state index in [0.717, 1.165) is 0 Å². The highest BCUT2D eigenvalue weighted by Crippen LogP contribution is 2.18. The quantitative estimate of drug-likeness (QED) is 0.878. The van der Waals surface area contributed by atoms with Crippen LogP contribution >= 0.6 is 23.2 Å². The van der Waals surface area contributed by atoms with Crippen molar-refractivity contribution >= 4 is 35.1 Å². The van der Waals surface area contributed by atoms with Crippen LogP contribution in [0.25, 0.3) is 0 Å². The lowest BCUT2D eigenvalue weighted by Crippen LogP contribution is -2.42. The smallest absolute Gasteiger partial charge is 0.326 e. The lowest BCUT2D eigenvalue weighted by molar-refractivity contribution is -0.139. The molecule has 2 rings (SSSR count). The molecule has 0 bridgehead atoms. The summed E-state index contributed by atoms with van der Waals surface area (Å²) in [6.45, 7) is 0. The van der Waals surface area contributed by atoms with Crippen molar-refractivity contribution in [1.29, 1.82) is 0 Å². The highest BCUT2D eigenvalue weighted by molar-refractivity contribution is 6.33. The molecule has 0 fully saturated rings. The summed E-state index contributed by atoms with van der Waals surface area (Å²) in [5.74, 6) is -1.68. The van der Waals surface area contributed by atoms with Crippen LogP contribution in [-0.4, -0.2) is 23.0 Å². The Hall–Kier alpha value is -2.04. The molecule has 0 radical (unpaired) electrons. The number of carbonyl (C=O) groups is 2. The minimum atomic E-state index is -1.14. The van der Waals surface area contributed by atoms with E-state index in [9.17, 15) is 14.7 Å². The third-order valence-electron chi connectivity index (χ3n) is 3.10. The Balaban J connectivity index is 2.16. The molecule has 2 N–H and O–H groups in total. The van der Waals surface area contributed by atoms with Crippen LogP contribution in [0.3, 0.4) is 0 Å². The van der Waals surface area contributed by atoms with E-state index >= 15 is 0 Å². The van der Waals surface area contributed by atoms with Gasteiger partial charge in [-0.3, -0.25) is 4.79 Å². The minimum absolute atomic E-state index is 0.0885. The zero-order chi connectivity index (χ0) is 16.1. The molecule has 0 aliphatic heterocycles. The lowest BCUT2D eigenvalue weighted by Gasteiger charge is -2.16. The van der Waals surface area contributed by atoms with Crippen molar-refractivity contribution in [3.05, 3.63) is 69.7 Å². The first-order chi connectivity index (χ1) is 10.5. The van der Waals surface area contributed by atoms with Gasteiger partial charge in [0.1, 0.15) is 6.04 Å². The Morgan fingerprint density at radius 3 is 2.18 bits per heavy atom. The maximum absolute atomic E-state index is 12.2. The van der Waals surface area contributed by atoms with Gasteiger partial charge >= 0.3 is 5.97 Å². The van der Waals surface area contributed by atoms with Gasteiger partial charge in [-0.05, 0) is 23.8 Å². The number of carboxylic acids is 1. The Bertz CT molecular complexity index is 703. The number of aliphatic carboxylic acids is 1. The Kier molecular flexibility index (Phi) is 5.41. The summed E-state index contributed by atoms with van der Waals surface area (Å²) < 4.78 is 0. The SMILES string of the molecule is O=C(N[C@@H](Cc1ccccc1Cl)C(=O)O)c1ccccc1Cl. The van der Waals surface area contributed by atoms with Gasteiger partial charge in [0.2, 0.25) is 0 Å². The van der Waals surface area contributed by atoms with Crippen molar-refractivity contribution in [2.75, 3.05) is 0 Å². The van der Waals surface area contributed by atoms with Crippen LogP contribution in [0.5, 0.6) is 0 Å². The van der Waals surface area contributed by atoms with E-state index in [-0.39, 0.29) is 17.0 Å². The monoisotopic (exact) mass is 337 g/mol. The third kappa shape index (κ3) is 4.00. The number of halogens is 2. The van der Waals surface area contributed by atoms with Gasteiger partial charge < -0.3 is 10.4 Å². The zero-order valence-electron chi connectivity index (χ0n) is 11.4. The Labute approximate surface area is 137 Å². The molecular formula is C16H13Cl2NO3. The summed E-state index contributed by atoms with van der Waals surface area (Å²) in [6, 6.07) is 12.3. The number of carbonyl (C=O) groups excluding carboxylic acids is 1. The molecule has 22 heavy (non-hydrogen) atoms. The van der Waals surface area contributed by atoms with Crippen LogP contribution in [0.15, 0.2) is 48.5 Å². The van der Waals surface area contributed by atoms with Gasteiger partial charge in [-0.25, -0.2) is 4.79 Å². The predicted molar refractivity (Wildman–Crippen MR) is 85.5 cm³/mol. The normalized spacial score (nSPS) is 11.7. The predicted octanol–water partition coefficient (Wildman–Crippen LogP) is 3.42. The lowest BCUT2D eigenvalue weighted by atomic mass is 10.1. The molecule has 4 nitrogen and oxygen atoms in total. The number of benzene rings is 2. The van der Waals surface area contributed by atoms with Crippen molar-refractivity contribution in [3.8, 4) is 0 Å². The number of hydrogen-bond acceptors (Lipinski definition) is 2. The van der Waals surface area contributed by atoms with Crippen molar-refractivity contribution < 1.29 is 14.7 Å². The van der Waals surface area contributed by atoms with E-state index in [1.54, 1.807) is 42.5 Å². The molecule has 114 valence electrons. The number of nitrogens with one attached hydrogen (secondary N) is 1. The molecule has 1 atom stereocenters. The van der Waals surface area contributed by atoms with E-state index in [4.69, 9.17) is 23.2 Å². The van der Waals surface area contributed by atoms with Crippen molar-refractivity contribution in [3.63, 3.8) is 0 Å². The van der Waals surface area contributed by atoms with Crippen LogP contribution < -0.4 is 5.32 Å². The highest BCUT2D eigenvalue weighted by atomic mass is 35.5. The van der Waals surface area contributed by atoms with E-state index in [0.29, 0.717) is 10.6 Å². The molecule has 0 heterocycles. The van der Waals surface area contributed by atoms with Gasteiger partial charge in [0, 0.05) is 11.4 Å². The molecule has 0 spiro atoms. The standard InChI is InChI=1S/C16H13Cl2NO3/c17-12-7-3-1-5-10(12)9-14(16(21)22)19-15(20)11-6-2-4-8-13(11)18/h1-8,14H,9H2,(H,19,20)(H,21,22)/t14-/m0/s1. The largest absolute Gasteiger partial charge is 0.480 e. The molecule has 0 unspecified atom stereocenters.